The zero-order valence-electron chi connectivity index (χ0n) is 17.7. The Bertz CT molecular complexity index is 1040. The number of aryl methyl sites for hydroxylation is 2. The Morgan fingerprint density at radius 2 is 1.81 bits per heavy atom. The van der Waals surface area contributed by atoms with E-state index in [9.17, 15) is 18.8 Å². The highest BCUT2D eigenvalue weighted by Crippen LogP contribution is 2.29. The van der Waals surface area contributed by atoms with Crippen LogP contribution in [0, 0.1) is 5.82 Å². The SMILES string of the molecule is C[C@H](NC(=O)CN1C(=O)N[C@](C)(c2ccc(F)cc2)C1=O)c1ccc2c(c1)CCCC2. The minimum absolute atomic E-state index is 0.246. The molecule has 6 nitrogen and oxygen atoms in total. The second kappa shape index (κ2) is 8.13. The van der Waals surface area contributed by atoms with Crippen LogP contribution < -0.4 is 10.6 Å². The second-order valence-corrected chi connectivity index (χ2v) is 8.48. The van der Waals surface area contributed by atoms with E-state index in [4.69, 9.17) is 0 Å². The van der Waals surface area contributed by atoms with Gasteiger partial charge in [-0.3, -0.25) is 14.5 Å². The summed E-state index contributed by atoms with van der Waals surface area (Å²) >= 11 is 0. The Morgan fingerprint density at radius 3 is 2.52 bits per heavy atom. The Balaban J connectivity index is 1.43. The summed E-state index contributed by atoms with van der Waals surface area (Å²) in [5.74, 6) is -1.39. The minimum atomic E-state index is -1.34. The standard InChI is InChI=1S/C24H26FN3O3/c1-15(17-8-7-16-5-3-4-6-18(16)13-17)26-21(29)14-28-22(30)24(2,27-23(28)31)19-9-11-20(25)12-10-19/h7-13,15H,3-6,14H2,1-2H3,(H,26,29)(H,27,31)/t15-,24+/m0/s1. The maximum absolute atomic E-state index is 13.2. The summed E-state index contributed by atoms with van der Waals surface area (Å²) in [4.78, 5) is 38.9. The Hall–Kier alpha value is -3.22. The van der Waals surface area contributed by atoms with Gasteiger partial charge in [0.25, 0.3) is 5.91 Å². The fourth-order valence-electron chi connectivity index (χ4n) is 4.36. The van der Waals surface area contributed by atoms with E-state index in [1.54, 1.807) is 6.92 Å². The van der Waals surface area contributed by atoms with E-state index < -0.39 is 29.2 Å². The summed E-state index contributed by atoms with van der Waals surface area (Å²) in [5.41, 5.74) is 2.82. The third kappa shape index (κ3) is 4.04. The molecule has 1 aliphatic heterocycles. The average molecular weight is 423 g/mol. The van der Waals surface area contributed by atoms with Crippen LogP contribution in [-0.4, -0.2) is 29.3 Å². The number of carbonyl (C=O) groups excluding carboxylic acids is 3. The van der Waals surface area contributed by atoms with Crippen LogP contribution in [0.5, 0.6) is 0 Å². The molecule has 2 aromatic rings. The lowest BCUT2D eigenvalue weighted by molar-refractivity contribution is -0.135. The molecule has 0 saturated carbocycles. The van der Waals surface area contributed by atoms with Gasteiger partial charge in [-0.2, -0.15) is 0 Å². The van der Waals surface area contributed by atoms with Crippen molar-refractivity contribution in [3.05, 3.63) is 70.5 Å². The van der Waals surface area contributed by atoms with E-state index in [1.807, 2.05) is 13.0 Å². The highest BCUT2D eigenvalue weighted by Gasteiger charge is 2.49. The Morgan fingerprint density at radius 1 is 1.13 bits per heavy atom. The van der Waals surface area contributed by atoms with Gasteiger partial charge in [0.2, 0.25) is 5.91 Å². The molecule has 1 saturated heterocycles. The van der Waals surface area contributed by atoms with Gasteiger partial charge in [-0.25, -0.2) is 9.18 Å². The normalized spacial score (nSPS) is 21.5. The van der Waals surface area contributed by atoms with Gasteiger partial charge in [0.1, 0.15) is 17.9 Å². The van der Waals surface area contributed by atoms with E-state index in [2.05, 4.69) is 22.8 Å². The van der Waals surface area contributed by atoms with Crippen LogP contribution in [0.15, 0.2) is 42.5 Å². The third-order valence-corrected chi connectivity index (χ3v) is 6.25. The van der Waals surface area contributed by atoms with Crippen molar-refractivity contribution in [2.24, 2.45) is 0 Å². The molecule has 4 rings (SSSR count). The van der Waals surface area contributed by atoms with Crippen molar-refractivity contribution in [3.8, 4) is 0 Å². The minimum Gasteiger partial charge on any atom is -0.348 e. The largest absolute Gasteiger partial charge is 0.348 e. The highest BCUT2D eigenvalue weighted by molar-refractivity contribution is 6.09. The van der Waals surface area contributed by atoms with Crippen molar-refractivity contribution < 1.29 is 18.8 Å². The topological polar surface area (TPSA) is 78.5 Å². The lowest BCUT2D eigenvalue weighted by Crippen LogP contribution is -2.43. The van der Waals surface area contributed by atoms with E-state index in [1.165, 1.54) is 48.2 Å². The molecule has 4 amide bonds. The molecule has 1 aliphatic carbocycles. The summed E-state index contributed by atoms with van der Waals surface area (Å²) in [6, 6.07) is 10.8. The predicted molar refractivity (Wildman–Crippen MR) is 114 cm³/mol. The van der Waals surface area contributed by atoms with Gasteiger partial charge in [0.15, 0.2) is 0 Å². The fraction of sp³-hybridized carbons (Fsp3) is 0.375. The van der Waals surface area contributed by atoms with Gasteiger partial charge in [-0.05, 0) is 73.9 Å². The number of hydrogen-bond donors (Lipinski definition) is 2. The van der Waals surface area contributed by atoms with Crippen molar-refractivity contribution in [3.63, 3.8) is 0 Å². The Kier molecular flexibility index (Phi) is 5.52. The summed E-state index contributed by atoms with van der Waals surface area (Å²) in [6.45, 7) is 3.06. The second-order valence-electron chi connectivity index (χ2n) is 8.48. The molecule has 2 atom stereocenters. The summed E-state index contributed by atoms with van der Waals surface area (Å²) in [5, 5.41) is 5.51. The van der Waals surface area contributed by atoms with Crippen molar-refractivity contribution in [1.82, 2.24) is 15.5 Å². The number of amides is 4. The van der Waals surface area contributed by atoms with E-state index >= 15 is 0 Å². The molecule has 0 unspecified atom stereocenters. The molecule has 0 aromatic heterocycles. The van der Waals surface area contributed by atoms with Gasteiger partial charge < -0.3 is 10.6 Å². The van der Waals surface area contributed by atoms with Crippen LogP contribution in [0.25, 0.3) is 0 Å². The van der Waals surface area contributed by atoms with Crippen LogP contribution >= 0.6 is 0 Å². The molecule has 162 valence electrons. The molecule has 1 heterocycles. The molecular formula is C24H26FN3O3. The molecule has 0 radical (unpaired) electrons. The maximum Gasteiger partial charge on any atom is 0.325 e. The van der Waals surface area contributed by atoms with Crippen LogP contribution in [0.2, 0.25) is 0 Å². The van der Waals surface area contributed by atoms with Crippen molar-refractivity contribution >= 4 is 17.8 Å². The Labute approximate surface area is 180 Å². The van der Waals surface area contributed by atoms with Crippen molar-refractivity contribution in [2.75, 3.05) is 6.54 Å². The third-order valence-electron chi connectivity index (χ3n) is 6.25. The zero-order chi connectivity index (χ0) is 22.2. The van der Waals surface area contributed by atoms with E-state index in [0.717, 1.165) is 23.3 Å². The van der Waals surface area contributed by atoms with Crippen molar-refractivity contribution in [1.29, 1.82) is 0 Å². The quantitative estimate of drug-likeness (QED) is 0.724. The number of hydrogen-bond acceptors (Lipinski definition) is 3. The first kappa shape index (κ1) is 21.0. The number of carbonyl (C=O) groups is 3. The van der Waals surface area contributed by atoms with E-state index in [-0.39, 0.29) is 12.6 Å². The predicted octanol–water partition coefficient (Wildman–Crippen LogP) is 3.35. The number of fused-ring (bicyclic) bond motifs is 1. The van der Waals surface area contributed by atoms with Crippen LogP contribution in [-0.2, 0) is 28.0 Å². The molecule has 2 N–H and O–H groups in total. The molecule has 0 spiro atoms. The molecule has 2 aromatic carbocycles. The zero-order valence-corrected chi connectivity index (χ0v) is 17.7. The first-order valence-corrected chi connectivity index (χ1v) is 10.6. The molecule has 7 heteroatoms. The number of nitrogens with zero attached hydrogens (tertiary/aromatic N) is 1. The highest BCUT2D eigenvalue weighted by atomic mass is 19.1. The maximum atomic E-state index is 13.2. The van der Waals surface area contributed by atoms with Gasteiger partial charge in [0, 0.05) is 0 Å². The van der Waals surface area contributed by atoms with Crippen LogP contribution in [0.1, 0.15) is 55.0 Å². The number of urea groups is 1. The number of halogens is 1. The molecule has 31 heavy (non-hydrogen) atoms. The summed E-state index contributed by atoms with van der Waals surface area (Å²) in [6.07, 6.45) is 4.53. The van der Waals surface area contributed by atoms with Gasteiger partial charge in [-0.15, -0.1) is 0 Å². The van der Waals surface area contributed by atoms with Crippen molar-refractivity contribution in [2.45, 2.75) is 51.1 Å². The van der Waals surface area contributed by atoms with Gasteiger partial charge >= 0.3 is 6.03 Å². The number of imide groups is 1. The van der Waals surface area contributed by atoms with Gasteiger partial charge in [-0.1, -0.05) is 30.3 Å². The lowest BCUT2D eigenvalue weighted by atomic mass is 9.89. The summed E-state index contributed by atoms with van der Waals surface area (Å²) in [7, 11) is 0. The summed E-state index contributed by atoms with van der Waals surface area (Å²) < 4.78 is 13.2. The molecule has 2 aliphatic rings. The monoisotopic (exact) mass is 423 g/mol. The van der Waals surface area contributed by atoms with Crippen LogP contribution in [0.4, 0.5) is 9.18 Å². The first-order valence-electron chi connectivity index (χ1n) is 10.6. The number of nitrogens with one attached hydrogen (secondary N) is 2. The van der Waals surface area contributed by atoms with Gasteiger partial charge in [0.05, 0.1) is 6.04 Å². The van der Waals surface area contributed by atoms with E-state index in [0.29, 0.717) is 5.56 Å². The molecule has 1 fully saturated rings. The fourth-order valence-corrected chi connectivity index (χ4v) is 4.36. The van der Waals surface area contributed by atoms with Crippen LogP contribution in [0.3, 0.4) is 0 Å². The molecule has 0 bridgehead atoms. The molecular weight excluding hydrogens is 397 g/mol. The first-order chi connectivity index (χ1) is 14.8. The number of rotatable bonds is 5. The smallest absolute Gasteiger partial charge is 0.325 e. The lowest BCUT2D eigenvalue weighted by Gasteiger charge is -2.23. The average Bonchev–Trinajstić information content (AvgIpc) is 2.97. The number of benzene rings is 2.